The molecule has 10 heteroatoms. The molecule has 0 saturated carbocycles. The maximum atomic E-state index is 13.1. The topological polar surface area (TPSA) is 92.5 Å². The van der Waals surface area contributed by atoms with Gasteiger partial charge in [0.2, 0.25) is 5.88 Å². The summed E-state index contributed by atoms with van der Waals surface area (Å²) < 4.78 is 40.5. The fourth-order valence-corrected chi connectivity index (χ4v) is 2.90. The van der Waals surface area contributed by atoms with E-state index < -0.39 is 11.9 Å². The third-order valence-corrected chi connectivity index (χ3v) is 4.32. The number of benzene rings is 1. The van der Waals surface area contributed by atoms with Gasteiger partial charge in [0.25, 0.3) is 0 Å². The van der Waals surface area contributed by atoms with Crippen molar-refractivity contribution in [1.82, 2.24) is 30.2 Å². The molecule has 2 N–H and O–H groups in total. The summed E-state index contributed by atoms with van der Waals surface area (Å²) in [5.74, 6) is -0.0146. The van der Waals surface area contributed by atoms with Crippen LogP contribution in [0, 0.1) is 6.92 Å². The highest BCUT2D eigenvalue weighted by molar-refractivity contribution is 5.63. The first kappa shape index (κ1) is 18.7. The molecule has 4 aromatic rings. The van der Waals surface area contributed by atoms with Crippen molar-refractivity contribution in [2.45, 2.75) is 19.5 Å². The van der Waals surface area contributed by atoms with Crippen LogP contribution in [0.3, 0.4) is 0 Å². The predicted octanol–water partition coefficient (Wildman–Crippen LogP) is 3.68. The number of alkyl halides is 3. The minimum absolute atomic E-state index is 0.144. The minimum Gasteiger partial charge on any atom is -0.493 e. The molecule has 7 nitrogen and oxygen atoms in total. The fourth-order valence-electron chi connectivity index (χ4n) is 2.90. The van der Waals surface area contributed by atoms with E-state index in [2.05, 4.69) is 20.4 Å². The molecule has 0 bridgehead atoms. The summed E-state index contributed by atoms with van der Waals surface area (Å²) in [5.41, 5.74) is 1.47. The van der Waals surface area contributed by atoms with Crippen molar-refractivity contribution in [2.24, 2.45) is 0 Å². The van der Waals surface area contributed by atoms with Crippen molar-refractivity contribution in [3.05, 3.63) is 71.2 Å². The first-order valence-corrected chi connectivity index (χ1v) is 8.60. The van der Waals surface area contributed by atoms with Gasteiger partial charge in [-0.25, -0.2) is 4.98 Å². The van der Waals surface area contributed by atoms with Crippen molar-refractivity contribution in [3.8, 4) is 23.0 Å². The molecule has 0 amide bonds. The summed E-state index contributed by atoms with van der Waals surface area (Å²) in [6.45, 7) is 1.99. The molecule has 0 radical (unpaired) electrons. The fraction of sp³-hybridized carbons (Fsp3) is 0.158. The Labute approximate surface area is 162 Å². The molecule has 148 valence electrons. The van der Waals surface area contributed by atoms with Gasteiger partial charge in [-0.05, 0) is 24.6 Å². The summed E-state index contributed by atoms with van der Waals surface area (Å²) in [7, 11) is 0. The Morgan fingerprint density at radius 1 is 1.10 bits per heavy atom. The van der Waals surface area contributed by atoms with E-state index in [0.29, 0.717) is 12.1 Å². The summed E-state index contributed by atoms with van der Waals surface area (Å²) in [6.07, 6.45) is -2.82. The maximum Gasteiger partial charge on any atom is 0.435 e. The number of aromatic hydroxyl groups is 1. The molecule has 3 heterocycles. The predicted molar refractivity (Wildman–Crippen MR) is 97.4 cm³/mol. The summed E-state index contributed by atoms with van der Waals surface area (Å²) in [6, 6.07) is 12.1. The third kappa shape index (κ3) is 3.82. The normalized spacial score (nSPS) is 11.7. The van der Waals surface area contributed by atoms with Crippen LogP contribution in [-0.2, 0) is 12.6 Å². The van der Waals surface area contributed by atoms with Crippen LogP contribution in [0.2, 0.25) is 0 Å². The number of aryl methyl sites for hydroxylation is 1. The van der Waals surface area contributed by atoms with E-state index in [-0.39, 0.29) is 23.0 Å². The Morgan fingerprint density at radius 2 is 1.86 bits per heavy atom. The smallest absolute Gasteiger partial charge is 0.435 e. The van der Waals surface area contributed by atoms with Crippen molar-refractivity contribution < 1.29 is 18.3 Å². The van der Waals surface area contributed by atoms with Crippen molar-refractivity contribution in [1.29, 1.82) is 0 Å². The highest BCUT2D eigenvalue weighted by Gasteiger charge is 2.37. The molecule has 0 aliphatic carbocycles. The van der Waals surface area contributed by atoms with Crippen LogP contribution in [0.25, 0.3) is 17.1 Å². The Bertz CT molecular complexity index is 1150. The van der Waals surface area contributed by atoms with Crippen LogP contribution < -0.4 is 0 Å². The first-order chi connectivity index (χ1) is 13.8. The lowest BCUT2D eigenvalue weighted by atomic mass is 10.1. The molecule has 0 unspecified atom stereocenters. The molecule has 3 aromatic heterocycles. The Kier molecular flexibility index (Phi) is 4.53. The molecule has 1 aromatic carbocycles. The van der Waals surface area contributed by atoms with Crippen LogP contribution in [0.5, 0.6) is 5.88 Å². The lowest BCUT2D eigenvalue weighted by Gasteiger charge is -2.07. The zero-order valence-corrected chi connectivity index (χ0v) is 15.1. The second-order valence-electron chi connectivity index (χ2n) is 6.50. The zero-order valence-electron chi connectivity index (χ0n) is 15.1. The van der Waals surface area contributed by atoms with E-state index in [1.807, 2.05) is 36.3 Å². The summed E-state index contributed by atoms with van der Waals surface area (Å²) >= 11 is 0. The van der Waals surface area contributed by atoms with Crippen LogP contribution in [-0.4, -0.2) is 35.3 Å². The average molecular weight is 400 g/mol. The van der Waals surface area contributed by atoms with Gasteiger partial charge < -0.3 is 5.11 Å². The Balaban J connectivity index is 1.66. The van der Waals surface area contributed by atoms with E-state index in [0.717, 1.165) is 11.1 Å². The number of H-pyrrole nitrogens is 1. The largest absolute Gasteiger partial charge is 0.493 e. The number of aromatic amines is 1. The van der Waals surface area contributed by atoms with E-state index in [9.17, 15) is 18.3 Å². The second kappa shape index (κ2) is 7.04. The van der Waals surface area contributed by atoms with Gasteiger partial charge in [-0.2, -0.15) is 23.0 Å². The molecule has 0 spiro atoms. The maximum absolute atomic E-state index is 13.1. The SMILES string of the molecule is Cc1ccc(Cc2cc(O)n(-c3cc(-c4nn[nH]c4C(F)(F)F)ccn3)n2)cc1. The molecule has 4 rings (SSSR count). The van der Waals surface area contributed by atoms with Gasteiger partial charge in [-0.3, -0.25) is 5.10 Å². The van der Waals surface area contributed by atoms with Gasteiger partial charge in [0.15, 0.2) is 11.5 Å². The molecule has 0 fully saturated rings. The molecule has 0 saturated heterocycles. The van der Waals surface area contributed by atoms with E-state index in [1.165, 1.54) is 29.1 Å². The lowest BCUT2D eigenvalue weighted by molar-refractivity contribution is -0.140. The van der Waals surface area contributed by atoms with Crippen LogP contribution in [0.15, 0.2) is 48.7 Å². The van der Waals surface area contributed by atoms with Gasteiger partial charge in [0, 0.05) is 24.2 Å². The standard InChI is InChI=1S/C19H15F3N6O/c1-11-2-4-12(5-3-11)8-14-10-16(29)28(26-14)15-9-13(6-7-23-15)17-18(19(20,21)22)25-27-24-17/h2-7,9-10,29H,8H2,1H3,(H,24,25,27). The number of rotatable bonds is 4. The van der Waals surface area contributed by atoms with Gasteiger partial charge in [-0.1, -0.05) is 35.0 Å². The summed E-state index contributed by atoms with van der Waals surface area (Å²) in [4.78, 5) is 4.10. The van der Waals surface area contributed by atoms with E-state index in [4.69, 9.17) is 0 Å². The van der Waals surface area contributed by atoms with E-state index >= 15 is 0 Å². The molecular weight excluding hydrogens is 385 g/mol. The summed E-state index contributed by atoms with van der Waals surface area (Å²) in [5, 5.41) is 23.2. The number of nitrogens with zero attached hydrogens (tertiary/aromatic N) is 5. The number of hydrogen-bond donors (Lipinski definition) is 2. The minimum atomic E-state index is -4.63. The zero-order chi connectivity index (χ0) is 20.6. The van der Waals surface area contributed by atoms with Crippen LogP contribution >= 0.6 is 0 Å². The first-order valence-electron chi connectivity index (χ1n) is 8.60. The van der Waals surface area contributed by atoms with E-state index in [1.54, 1.807) is 0 Å². The number of pyridine rings is 1. The molecule has 0 aliphatic rings. The van der Waals surface area contributed by atoms with Crippen molar-refractivity contribution >= 4 is 0 Å². The lowest BCUT2D eigenvalue weighted by Crippen LogP contribution is -2.08. The quantitative estimate of drug-likeness (QED) is 0.545. The second-order valence-corrected chi connectivity index (χ2v) is 6.50. The number of hydrogen-bond acceptors (Lipinski definition) is 5. The van der Waals surface area contributed by atoms with Gasteiger partial charge in [0.1, 0.15) is 5.69 Å². The van der Waals surface area contributed by atoms with Crippen molar-refractivity contribution in [3.63, 3.8) is 0 Å². The highest BCUT2D eigenvalue weighted by atomic mass is 19.4. The molecule has 0 aliphatic heterocycles. The number of nitrogens with one attached hydrogen (secondary N) is 1. The van der Waals surface area contributed by atoms with Crippen molar-refractivity contribution in [2.75, 3.05) is 0 Å². The highest BCUT2D eigenvalue weighted by Crippen LogP contribution is 2.34. The van der Waals surface area contributed by atoms with Crippen LogP contribution in [0.4, 0.5) is 13.2 Å². The van der Waals surface area contributed by atoms with Gasteiger partial charge in [0.05, 0.1) is 5.69 Å². The van der Waals surface area contributed by atoms with Gasteiger partial charge in [-0.15, -0.1) is 5.10 Å². The van der Waals surface area contributed by atoms with Crippen LogP contribution in [0.1, 0.15) is 22.5 Å². The molecule has 0 atom stereocenters. The molecule has 29 heavy (non-hydrogen) atoms. The average Bonchev–Trinajstić information content (AvgIpc) is 3.30. The third-order valence-electron chi connectivity index (χ3n) is 4.32. The monoisotopic (exact) mass is 400 g/mol. The number of aromatic nitrogens is 6. The Hall–Kier alpha value is -3.69. The van der Waals surface area contributed by atoms with Gasteiger partial charge >= 0.3 is 6.18 Å². The number of halogens is 3. The Morgan fingerprint density at radius 3 is 2.59 bits per heavy atom. The molecular formula is C19H15F3N6O.